The molecule has 3 N–H and O–H groups in total. The first-order valence-corrected chi connectivity index (χ1v) is 6.21. The number of amides is 1. The van der Waals surface area contributed by atoms with Crippen molar-refractivity contribution in [1.82, 2.24) is 10.3 Å². The quantitative estimate of drug-likeness (QED) is 0.817. The molecule has 1 aromatic heterocycles. The number of nitrogens with one attached hydrogen (secondary N) is 1. The fraction of sp³-hybridized carbons (Fsp3) is 0.538. The average Bonchev–Trinajstić information content (AvgIpc) is 3.12. The summed E-state index contributed by atoms with van der Waals surface area (Å²) in [6.45, 7) is 2.11. The Labute approximate surface area is 102 Å². The van der Waals surface area contributed by atoms with Gasteiger partial charge in [-0.1, -0.05) is 19.8 Å². The highest BCUT2D eigenvalue weighted by Crippen LogP contribution is 2.34. The van der Waals surface area contributed by atoms with Crippen molar-refractivity contribution < 1.29 is 4.79 Å². The normalized spacial score (nSPS) is 16.5. The smallest absolute Gasteiger partial charge is 0.251 e. The number of hydrogen-bond acceptors (Lipinski definition) is 3. The summed E-state index contributed by atoms with van der Waals surface area (Å²) in [7, 11) is 0. The van der Waals surface area contributed by atoms with Crippen molar-refractivity contribution in [2.24, 2.45) is 5.92 Å². The van der Waals surface area contributed by atoms with E-state index >= 15 is 0 Å². The van der Waals surface area contributed by atoms with Crippen molar-refractivity contribution in [2.75, 3.05) is 5.73 Å². The van der Waals surface area contributed by atoms with Gasteiger partial charge in [-0.2, -0.15) is 0 Å². The lowest BCUT2D eigenvalue weighted by Crippen LogP contribution is -2.34. The largest absolute Gasteiger partial charge is 0.384 e. The molecule has 0 radical (unpaired) electrons. The van der Waals surface area contributed by atoms with Gasteiger partial charge >= 0.3 is 0 Å². The highest BCUT2D eigenvalue weighted by atomic mass is 16.1. The number of nitrogens with two attached hydrogens (primary N) is 1. The van der Waals surface area contributed by atoms with Gasteiger partial charge in [-0.25, -0.2) is 4.98 Å². The van der Waals surface area contributed by atoms with Crippen LogP contribution in [0.4, 0.5) is 5.82 Å². The average molecular weight is 233 g/mol. The van der Waals surface area contributed by atoms with Crippen molar-refractivity contribution in [3.05, 3.63) is 23.9 Å². The van der Waals surface area contributed by atoms with E-state index < -0.39 is 0 Å². The zero-order chi connectivity index (χ0) is 12.3. The molecule has 1 aromatic rings. The minimum atomic E-state index is -0.0494. The van der Waals surface area contributed by atoms with E-state index in [1.54, 1.807) is 18.3 Å². The maximum absolute atomic E-state index is 12.0. The van der Waals surface area contributed by atoms with Crippen LogP contribution in [0.1, 0.15) is 43.0 Å². The lowest BCUT2D eigenvalue weighted by molar-refractivity contribution is 0.0932. The molecule has 1 aliphatic rings. The van der Waals surface area contributed by atoms with Gasteiger partial charge in [-0.3, -0.25) is 4.79 Å². The summed E-state index contributed by atoms with van der Waals surface area (Å²) in [6, 6.07) is 3.58. The van der Waals surface area contributed by atoms with E-state index in [2.05, 4.69) is 17.2 Å². The van der Waals surface area contributed by atoms with Gasteiger partial charge in [0.25, 0.3) is 5.91 Å². The van der Waals surface area contributed by atoms with Crippen molar-refractivity contribution >= 4 is 11.7 Å². The molecule has 0 aromatic carbocycles. The van der Waals surface area contributed by atoms with E-state index in [0.29, 0.717) is 11.4 Å². The van der Waals surface area contributed by atoms with E-state index in [-0.39, 0.29) is 11.9 Å². The molecule has 0 saturated heterocycles. The van der Waals surface area contributed by atoms with Crippen LogP contribution in [0.5, 0.6) is 0 Å². The number of carbonyl (C=O) groups is 1. The number of rotatable bonds is 5. The van der Waals surface area contributed by atoms with Gasteiger partial charge in [0.1, 0.15) is 5.82 Å². The van der Waals surface area contributed by atoms with Crippen LogP contribution in [0, 0.1) is 5.92 Å². The van der Waals surface area contributed by atoms with Gasteiger partial charge in [0.15, 0.2) is 0 Å². The summed E-state index contributed by atoms with van der Waals surface area (Å²) in [5.41, 5.74) is 6.15. The van der Waals surface area contributed by atoms with Crippen LogP contribution in [0.25, 0.3) is 0 Å². The van der Waals surface area contributed by atoms with E-state index in [0.717, 1.165) is 18.8 Å². The number of aromatic nitrogens is 1. The van der Waals surface area contributed by atoms with Gasteiger partial charge in [0.05, 0.1) is 0 Å². The molecule has 0 aliphatic heterocycles. The number of carbonyl (C=O) groups excluding carboxylic acids is 1. The molecular formula is C13H19N3O. The third-order valence-corrected chi connectivity index (χ3v) is 3.19. The first-order chi connectivity index (χ1) is 8.19. The van der Waals surface area contributed by atoms with Crippen LogP contribution in [0.2, 0.25) is 0 Å². The third-order valence-electron chi connectivity index (χ3n) is 3.19. The molecule has 17 heavy (non-hydrogen) atoms. The Bertz CT molecular complexity index is 401. The summed E-state index contributed by atoms with van der Waals surface area (Å²) < 4.78 is 0. The second kappa shape index (κ2) is 5.17. The van der Waals surface area contributed by atoms with Crippen LogP contribution in [0.3, 0.4) is 0 Å². The Balaban J connectivity index is 1.94. The molecule has 92 valence electrons. The topological polar surface area (TPSA) is 68.0 Å². The number of nitrogens with zero attached hydrogens (tertiary/aromatic N) is 1. The molecule has 2 rings (SSSR count). The molecule has 1 amide bonds. The van der Waals surface area contributed by atoms with E-state index in [1.165, 1.54) is 12.8 Å². The second-order valence-corrected chi connectivity index (χ2v) is 4.73. The van der Waals surface area contributed by atoms with Crippen molar-refractivity contribution in [3.63, 3.8) is 0 Å². The summed E-state index contributed by atoms with van der Waals surface area (Å²) in [5, 5.41) is 3.06. The van der Waals surface area contributed by atoms with E-state index in [1.807, 2.05) is 0 Å². The predicted molar refractivity (Wildman–Crippen MR) is 67.5 cm³/mol. The van der Waals surface area contributed by atoms with Crippen LogP contribution < -0.4 is 11.1 Å². The fourth-order valence-electron chi connectivity index (χ4n) is 1.94. The minimum absolute atomic E-state index is 0.0494. The SMILES string of the molecule is CCC(CC1CC1)NC(=O)c1ccnc(N)c1. The maximum Gasteiger partial charge on any atom is 0.251 e. The molecule has 1 unspecified atom stereocenters. The summed E-state index contributed by atoms with van der Waals surface area (Å²) in [4.78, 5) is 15.9. The van der Waals surface area contributed by atoms with Crippen LogP contribution in [-0.4, -0.2) is 16.9 Å². The van der Waals surface area contributed by atoms with Gasteiger partial charge in [0, 0.05) is 17.8 Å². The molecule has 0 bridgehead atoms. The number of hydrogen-bond donors (Lipinski definition) is 2. The first-order valence-electron chi connectivity index (χ1n) is 6.21. The van der Waals surface area contributed by atoms with Crippen molar-refractivity contribution in [2.45, 2.75) is 38.6 Å². The third kappa shape index (κ3) is 3.44. The van der Waals surface area contributed by atoms with Gasteiger partial charge < -0.3 is 11.1 Å². The number of nitrogen functional groups attached to an aromatic ring is 1. The molecule has 1 aliphatic carbocycles. The number of pyridine rings is 1. The predicted octanol–water partition coefficient (Wildman–Crippen LogP) is 1.97. The van der Waals surface area contributed by atoms with Crippen LogP contribution in [-0.2, 0) is 0 Å². The zero-order valence-corrected chi connectivity index (χ0v) is 10.1. The lowest BCUT2D eigenvalue weighted by Gasteiger charge is -2.16. The highest BCUT2D eigenvalue weighted by Gasteiger charge is 2.25. The molecule has 0 spiro atoms. The fourth-order valence-corrected chi connectivity index (χ4v) is 1.94. The monoisotopic (exact) mass is 233 g/mol. The Morgan fingerprint density at radius 3 is 3.00 bits per heavy atom. The summed E-state index contributed by atoms with van der Waals surface area (Å²) in [6.07, 6.45) is 6.26. The Morgan fingerprint density at radius 1 is 1.65 bits per heavy atom. The lowest BCUT2D eigenvalue weighted by atomic mass is 10.1. The minimum Gasteiger partial charge on any atom is -0.384 e. The maximum atomic E-state index is 12.0. The molecule has 1 heterocycles. The van der Waals surface area contributed by atoms with Crippen LogP contribution in [0.15, 0.2) is 18.3 Å². The van der Waals surface area contributed by atoms with Gasteiger partial charge in [-0.15, -0.1) is 0 Å². The van der Waals surface area contributed by atoms with Crippen LogP contribution >= 0.6 is 0 Å². The summed E-state index contributed by atoms with van der Waals surface area (Å²) in [5.74, 6) is 1.15. The number of anilines is 1. The standard InChI is InChI=1S/C13H19N3O/c1-2-11(7-9-3-4-9)16-13(17)10-5-6-15-12(14)8-10/h5-6,8-9,11H,2-4,7H2,1H3,(H2,14,15)(H,16,17). The molecule has 4 heteroatoms. The van der Waals surface area contributed by atoms with Gasteiger partial charge in [-0.05, 0) is 30.9 Å². The summed E-state index contributed by atoms with van der Waals surface area (Å²) >= 11 is 0. The molecule has 4 nitrogen and oxygen atoms in total. The van der Waals surface area contributed by atoms with Crippen molar-refractivity contribution in [1.29, 1.82) is 0 Å². The molecule has 1 fully saturated rings. The van der Waals surface area contributed by atoms with E-state index in [9.17, 15) is 4.79 Å². The molecule has 1 saturated carbocycles. The zero-order valence-electron chi connectivity index (χ0n) is 10.1. The Morgan fingerprint density at radius 2 is 2.41 bits per heavy atom. The van der Waals surface area contributed by atoms with E-state index in [4.69, 9.17) is 5.73 Å². The Kier molecular flexibility index (Phi) is 3.61. The molecular weight excluding hydrogens is 214 g/mol. The second-order valence-electron chi connectivity index (χ2n) is 4.73. The van der Waals surface area contributed by atoms with Crippen molar-refractivity contribution in [3.8, 4) is 0 Å². The van der Waals surface area contributed by atoms with Gasteiger partial charge in [0.2, 0.25) is 0 Å². The molecule has 1 atom stereocenters. The highest BCUT2D eigenvalue weighted by molar-refractivity contribution is 5.94. The Hall–Kier alpha value is -1.58. The first kappa shape index (κ1) is 11.9.